The summed E-state index contributed by atoms with van der Waals surface area (Å²) in [5.41, 5.74) is -0.630. The molecule has 7 heteroatoms. The third kappa shape index (κ3) is 4.32. The van der Waals surface area contributed by atoms with Crippen molar-refractivity contribution in [1.29, 1.82) is 0 Å². The molecule has 0 aliphatic rings. The molecule has 0 unspecified atom stereocenters. The Kier molecular flexibility index (Phi) is 6.70. The molecule has 6 nitrogen and oxygen atoms in total. The van der Waals surface area contributed by atoms with E-state index in [1.165, 1.54) is 0 Å². The molecule has 1 heterocycles. The third-order valence-corrected chi connectivity index (χ3v) is 2.62. The smallest absolute Gasteiger partial charge is 0.860 e. The summed E-state index contributed by atoms with van der Waals surface area (Å²) in [4.78, 5) is 26.5. The van der Waals surface area contributed by atoms with Crippen LogP contribution in [-0.2, 0) is 6.42 Å². The molecule has 20 heavy (non-hydrogen) atoms. The molecule has 0 radical (unpaired) electrons. The van der Waals surface area contributed by atoms with E-state index in [1.807, 2.05) is 16.9 Å². The monoisotopic (exact) mass is 300 g/mol. The van der Waals surface area contributed by atoms with Gasteiger partial charge in [0.1, 0.15) is 5.75 Å². The van der Waals surface area contributed by atoms with E-state index in [9.17, 15) is 14.7 Å². The second-order valence-corrected chi connectivity index (χ2v) is 3.97. The molecule has 2 aromatic rings. The van der Waals surface area contributed by atoms with Crippen molar-refractivity contribution >= 4 is 0 Å². The molecule has 0 spiro atoms. The molecule has 0 atom stereocenters. The van der Waals surface area contributed by atoms with Gasteiger partial charge < -0.3 is 14.8 Å². The van der Waals surface area contributed by atoms with Crippen LogP contribution >= 0.6 is 0 Å². The molecular formula is C13H13KN2O4. The summed E-state index contributed by atoms with van der Waals surface area (Å²) < 4.78 is 5.30. The fourth-order valence-electron chi connectivity index (χ4n) is 1.73. The number of aromatic nitrogens is 2. The Morgan fingerprint density at radius 1 is 1.15 bits per heavy atom. The molecule has 0 aliphatic carbocycles. The molecular weight excluding hydrogens is 287 g/mol. The van der Waals surface area contributed by atoms with E-state index in [0.29, 0.717) is 6.61 Å². The Balaban J connectivity index is 0.00000200. The van der Waals surface area contributed by atoms with Crippen molar-refractivity contribution in [3.63, 3.8) is 0 Å². The van der Waals surface area contributed by atoms with Crippen molar-refractivity contribution in [3.8, 4) is 11.6 Å². The zero-order valence-corrected chi connectivity index (χ0v) is 14.5. The van der Waals surface area contributed by atoms with E-state index in [4.69, 9.17) is 4.74 Å². The van der Waals surface area contributed by atoms with Crippen LogP contribution in [0.3, 0.4) is 0 Å². The molecule has 0 saturated heterocycles. The van der Waals surface area contributed by atoms with Crippen LogP contribution < -0.4 is 72.5 Å². The molecule has 2 rings (SSSR count). The molecule has 1 aromatic heterocycles. The predicted molar refractivity (Wildman–Crippen MR) is 67.5 cm³/mol. The standard InChI is InChI=1S/C13H14N2O4.K/c1-2-19-9-5-3-8(4-6-9)7-10-11(16)14-13(18)15-12(10)17;/h3-6H,2,7H2,1H3,(H3,14,15,16,17,18);/q;+1/p-1. The van der Waals surface area contributed by atoms with Crippen LogP contribution in [0.4, 0.5) is 0 Å². The molecule has 0 fully saturated rings. The Morgan fingerprint density at radius 2 is 1.80 bits per heavy atom. The molecule has 0 saturated carbocycles. The van der Waals surface area contributed by atoms with E-state index >= 15 is 0 Å². The zero-order valence-electron chi connectivity index (χ0n) is 11.4. The maximum Gasteiger partial charge on any atom is 1.00 e. The van der Waals surface area contributed by atoms with Gasteiger partial charge in [0.2, 0.25) is 0 Å². The summed E-state index contributed by atoms with van der Waals surface area (Å²) in [5.74, 6) is 0.0756. The second kappa shape index (κ2) is 7.80. The summed E-state index contributed by atoms with van der Waals surface area (Å²) in [6.45, 7) is 2.46. The molecule has 1 aromatic carbocycles. The predicted octanol–water partition coefficient (Wildman–Crippen LogP) is -2.87. The van der Waals surface area contributed by atoms with Crippen LogP contribution in [0.25, 0.3) is 0 Å². The summed E-state index contributed by atoms with van der Waals surface area (Å²) in [6, 6.07) is 7.08. The van der Waals surface area contributed by atoms with Crippen LogP contribution in [0, 0.1) is 0 Å². The average Bonchev–Trinajstić information content (AvgIpc) is 2.36. The number of benzene rings is 1. The Hall–Kier alpha value is -0.864. The fraction of sp³-hybridized carbons (Fsp3) is 0.231. The fourth-order valence-corrected chi connectivity index (χ4v) is 1.73. The average molecular weight is 300 g/mol. The van der Waals surface area contributed by atoms with Crippen molar-refractivity contribution in [2.75, 3.05) is 6.61 Å². The van der Waals surface area contributed by atoms with Crippen LogP contribution in [0.15, 0.2) is 33.9 Å². The van der Waals surface area contributed by atoms with E-state index in [1.54, 1.807) is 24.3 Å². The van der Waals surface area contributed by atoms with E-state index in [0.717, 1.165) is 11.3 Å². The molecule has 0 bridgehead atoms. The number of nitrogens with one attached hydrogen (secondary N) is 2. The first-order valence-electron chi connectivity index (χ1n) is 5.84. The molecule has 0 amide bonds. The van der Waals surface area contributed by atoms with Gasteiger partial charge in [-0.1, -0.05) is 12.1 Å². The summed E-state index contributed by atoms with van der Waals surface area (Å²) in [5, 5.41) is 11.5. The third-order valence-electron chi connectivity index (χ3n) is 2.62. The second-order valence-electron chi connectivity index (χ2n) is 3.97. The van der Waals surface area contributed by atoms with Gasteiger partial charge in [-0.25, -0.2) is 4.79 Å². The van der Waals surface area contributed by atoms with Crippen molar-refractivity contribution < 1.29 is 61.2 Å². The van der Waals surface area contributed by atoms with Gasteiger partial charge >= 0.3 is 57.1 Å². The maximum absolute atomic E-state index is 11.5. The Labute approximate surface area is 157 Å². The largest absolute Gasteiger partial charge is 1.00 e. The quantitative estimate of drug-likeness (QED) is 0.593. The van der Waals surface area contributed by atoms with Crippen LogP contribution in [0.5, 0.6) is 11.6 Å². The Morgan fingerprint density at radius 3 is 2.35 bits per heavy atom. The van der Waals surface area contributed by atoms with Gasteiger partial charge in [-0.15, -0.1) is 0 Å². The first-order chi connectivity index (χ1) is 9.10. The van der Waals surface area contributed by atoms with Crippen LogP contribution in [0.2, 0.25) is 0 Å². The van der Waals surface area contributed by atoms with E-state index < -0.39 is 17.1 Å². The topological polar surface area (TPSA) is 98.0 Å². The minimum atomic E-state index is -0.787. The first kappa shape index (κ1) is 17.2. The summed E-state index contributed by atoms with van der Waals surface area (Å²) in [7, 11) is 0. The molecule has 2 N–H and O–H groups in total. The minimum Gasteiger partial charge on any atom is -0.860 e. The molecule has 0 aliphatic heterocycles. The van der Waals surface area contributed by atoms with Crippen molar-refractivity contribution in [2.24, 2.45) is 0 Å². The number of ether oxygens (including phenoxy) is 1. The summed E-state index contributed by atoms with van der Waals surface area (Å²) in [6.07, 6.45) is 0.164. The van der Waals surface area contributed by atoms with Crippen LogP contribution in [0.1, 0.15) is 18.1 Å². The van der Waals surface area contributed by atoms with Gasteiger partial charge in [-0.3, -0.25) is 9.78 Å². The van der Waals surface area contributed by atoms with Gasteiger partial charge in [0.25, 0.3) is 5.56 Å². The van der Waals surface area contributed by atoms with Gasteiger partial charge in [0, 0.05) is 12.0 Å². The van der Waals surface area contributed by atoms with E-state index in [2.05, 4.69) is 0 Å². The van der Waals surface area contributed by atoms with Gasteiger partial charge in [0.15, 0.2) is 0 Å². The SMILES string of the molecule is CCOc1ccc(Cc2c([O-])[nH]c(=O)[nH]c2=O)cc1.[K+]. The zero-order chi connectivity index (χ0) is 13.8. The van der Waals surface area contributed by atoms with E-state index in [-0.39, 0.29) is 63.4 Å². The van der Waals surface area contributed by atoms with Crippen molar-refractivity contribution in [1.82, 2.24) is 9.97 Å². The van der Waals surface area contributed by atoms with Crippen molar-refractivity contribution in [3.05, 3.63) is 56.2 Å². The first-order valence-corrected chi connectivity index (χ1v) is 5.84. The molecule has 100 valence electrons. The van der Waals surface area contributed by atoms with Gasteiger partial charge in [-0.05, 0) is 30.5 Å². The normalized spacial score (nSPS) is 9.85. The number of hydrogen-bond acceptors (Lipinski definition) is 4. The van der Waals surface area contributed by atoms with Crippen LogP contribution in [-0.4, -0.2) is 16.6 Å². The Bertz CT molecular complexity index is 676. The summed E-state index contributed by atoms with van der Waals surface area (Å²) >= 11 is 0. The van der Waals surface area contributed by atoms with Gasteiger partial charge in [0.05, 0.1) is 6.61 Å². The number of hydrogen-bond donors (Lipinski definition) is 2. The van der Waals surface area contributed by atoms with Gasteiger partial charge in [-0.2, -0.15) is 0 Å². The number of rotatable bonds is 4. The number of H-pyrrole nitrogens is 2. The van der Waals surface area contributed by atoms with Crippen molar-refractivity contribution in [2.45, 2.75) is 13.3 Å². The number of aromatic amines is 2. The minimum absolute atomic E-state index is 0. The maximum atomic E-state index is 11.5.